The van der Waals surface area contributed by atoms with Gasteiger partial charge in [0.25, 0.3) is 0 Å². The number of pyridine rings is 1. The van der Waals surface area contributed by atoms with Crippen LogP contribution < -0.4 is 10.1 Å². The second kappa shape index (κ2) is 7.65. The zero-order valence-electron chi connectivity index (χ0n) is 12.2. The lowest BCUT2D eigenvalue weighted by Gasteiger charge is -2.19. The molecule has 0 amide bonds. The summed E-state index contributed by atoms with van der Waals surface area (Å²) in [6.45, 7) is 3.19. The molecule has 2 aromatic rings. The zero-order valence-corrected chi connectivity index (χ0v) is 12.2. The Balaban J connectivity index is 2.14. The number of nitrogens with one attached hydrogen (secondary N) is 1. The molecule has 0 fully saturated rings. The van der Waals surface area contributed by atoms with Crippen LogP contribution in [0.5, 0.6) is 5.75 Å². The minimum atomic E-state index is 0.310. The van der Waals surface area contributed by atoms with Crippen molar-refractivity contribution in [3.63, 3.8) is 0 Å². The lowest BCUT2D eigenvalue weighted by Crippen LogP contribution is -2.24. The molecule has 0 radical (unpaired) electrons. The molecule has 1 N–H and O–H groups in total. The fourth-order valence-corrected chi connectivity index (χ4v) is 2.26. The molecule has 1 heterocycles. The molecule has 2 rings (SSSR count). The van der Waals surface area contributed by atoms with E-state index in [9.17, 15) is 0 Å². The molecule has 0 aliphatic heterocycles. The van der Waals surface area contributed by atoms with E-state index in [1.165, 1.54) is 11.1 Å². The Kier molecular flexibility index (Phi) is 5.56. The fourth-order valence-electron chi connectivity index (χ4n) is 2.26. The molecule has 0 spiro atoms. The van der Waals surface area contributed by atoms with Crippen molar-refractivity contribution in [3.8, 4) is 5.75 Å². The van der Waals surface area contributed by atoms with Crippen molar-refractivity contribution in [1.29, 1.82) is 0 Å². The molecular weight excluding hydrogens is 248 g/mol. The molecule has 0 saturated carbocycles. The average Bonchev–Trinajstić information content (AvgIpc) is 2.52. The van der Waals surface area contributed by atoms with Crippen molar-refractivity contribution in [2.24, 2.45) is 0 Å². The van der Waals surface area contributed by atoms with Crippen LogP contribution in [0.25, 0.3) is 0 Å². The molecule has 1 unspecified atom stereocenters. The van der Waals surface area contributed by atoms with Crippen LogP contribution in [-0.2, 0) is 6.42 Å². The van der Waals surface area contributed by atoms with Crippen LogP contribution >= 0.6 is 0 Å². The maximum atomic E-state index is 5.29. The number of hydrogen-bond acceptors (Lipinski definition) is 3. The smallest absolute Gasteiger partial charge is 0.119 e. The first-order chi connectivity index (χ1) is 9.83. The van der Waals surface area contributed by atoms with Crippen LogP contribution in [-0.4, -0.2) is 18.6 Å². The number of nitrogens with zero attached hydrogens (tertiary/aromatic N) is 1. The van der Waals surface area contributed by atoms with Crippen molar-refractivity contribution < 1.29 is 4.74 Å². The van der Waals surface area contributed by atoms with Crippen LogP contribution in [0.1, 0.15) is 30.5 Å². The topological polar surface area (TPSA) is 34.1 Å². The van der Waals surface area contributed by atoms with Gasteiger partial charge in [0.2, 0.25) is 0 Å². The first-order valence-electron chi connectivity index (χ1n) is 7.09. The standard InChI is InChI=1S/C17H22N2O/c1-3-9-19-17(15-7-10-18-11-8-15)13-14-5-4-6-16(12-14)20-2/h4-8,10-12,17,19H,3,9,13H2,1-2H3. The van der Waals surface area contributed by atoms with Crippen molar-refractivity contribution in [2.75, 3.05) is 13.7 Å². The van der Waals surface area contributed by atoms with Crippen molar-refractivity contribution in [1.82, 2.24) is 10.3 Å². The van der Waals surface area contributed by atoms with Gasteiger partial charge in [0.1, 0.15) is 5.75 Å². The van der Waals surface area contributed by atoms with E-state index in [2.05, 4.69) is 41.5 Å². The maximum Gasteiger partial charge on any atom is 0.119 e. The minimum absolute atomic E-state index is 0.310. The summed E-state index contributed by atoms with van der Waals surface area (Å²) in [5, 5.41) is 3.60. The fraction of sp³-hybridized carbons (Fsp3) is 0.353. The van der Waals surface area contributed by atoms with E-state index in [0.717, 1.165) is 25.1 Å². The summed E-state index contributed by atoms with van der Waals surface area (Å²) in [5.41, 5.74) is 2.55. The Hall–Kier alpha value is -1.87. The lowest BCUT2D eigenvalue weighted by molar-refractivity contribution is 0.413. The van der Waals surface area contributed by atoms with Gasteiger partial charge in [-0.2, -0.15) is 0 Å². The quantitative estimate of drug-likeness (QED) is 0.837. The van der Waals surface area contributed by atoms with Crippen molar-refractivity contribution in [3.05, 3.63) is 59.9 Å². The summed E-state index contributed by atoms with van der Waals surface area (Å²) in [5.74, 6) is 0.909. The summed E-state index contributed by atoms with van der Waals surface area (Å²) in [6, 6.07) is 12.7. The second-order valence-corrected chi connectivity index (χ2v) is 4.84. The second-order valence-electron chi connectivity index (χ2n) is 4.84. The third-order valence-electron chi connectivity index (χ3n) is 3.32. The van der Waals surface area contributed by atoms with Gasteiger partial charge in [0, 0.05) is 18.4 Å². The number of ether oxygens (including phenoxy) is 1. The van der Waals surface area contributed by atoms with Crippen LogP contribution in [0, 0.1) is 0 Å². The molecule has 3 heteroatoms. The molecule has 1 aromatic carbocycles. The van der Waals surface area contributed by atoms with Gasteiger partial charge in [-0.15, -0.1) is 0 Å². The van der Waals surface area contributed by atoms with Crippen LogP contribution in [0.15, 0.2) is 48.8 Å². The normalized spacial score (nSPS) is 12.1. The molecule has 0 aliphatic carbocycles. The number of benzene rings is 1. The lowest BCUT2D eigenvalue weighted by atomic mass is 9.99. The Morgan fingerprint density at radius 1 is 1.20 bits per heavy atom. The predicted octanol–water partition coefficient (Wildman–Crippen LogP) is 3.37. The Bertz CT molecular complexity index is 513. The van der Waals surface area contributed by atoms with E-state index in [4.69, 9.17) is 4.74 Å². The third kappa shape index (κ3) is 4.07. The summed E-state index contributed by atoms with van der Waals surface area (Å²) in [6.07, 6.45) is 5.77. The summed E-state index contributed by atoms with van der Waals surface area (Å²) >= 11 is 0. The van der Waals surface area contributed by atoms with Gasteiger partial charge in [0.05, 0.1) is 7.11 Å². The maximum absolute atomic E-state index is 5.29. The highest BCUT2D eigenvalue weighted by Gasteiger charge is 2.11. The van der Waals surface area contributed by atoms with Crippen LogP contribution in [0.3, 0.4) is 0 Å². The summed E-state index contributed by atoms with van der Waals surface area (Å²) in [4.78, 5) is 4.09. The Morgan fingerprint density at radius 3 is 2.70 bits per heavy atom. The highest BCUT2D eigenvalue weighted by Crippen LogP contribution is 2.20. The van der Waals surface area contributed by atoms with E-state index < -0.39 is 0 Å². The van der Waals surface area contributed by atoms with Gasteiger partial charge >= 0.3 is 0 Å². The Labute approximate surface area is 121 Å². The van der Waals surface area contributed by atoms with Gasteiger partial charge in [-0.05, 0) is 54.8 Å². The molecule has 106 valence electrons. The molecule has 0 aliphatic rings. The number of aromatic nitrogens is 1. The van der Waals surface area contributed by atoms with Crippen molar-refractivity contribution >= 4 is 0 Å². The van der Waals surface area contributed by atoms with Gasteiger partial charge in [-0.3, -0.25) is 4.98 Å². The van der Waals surface area contributed by atoms with Crippen LogP contribution in [0.4, 0.5) is 0 Å². The van der Waals surface area contributed by atoms with E-state index >= 15 is 0 Å². The summed E-state index contributed by atoms with van der Waals surface area (Å²) in [7, 11) is 1.70. The van der Waals surface area contributed by atoms with E-state index in [0.29, 0.717) is 6.04 Å². The zero-order chi connectivity index (χ0) is 14.2. The number of methoxy groups -OCH3 is 1. The molecule has 0 saturated heterocycles. The first kappa shape index (κ1) is 14.5. The minimum Gasteiger partial charge on any atom is -0.497 e. The molecular formula is C17H22N2O. The summed E-state index contributed by atoms with van der Waals surface area (Å²) < 4.78 is 5.29. The van der Waals surface area contributed by atoms with Gasteiger partial charge in [-0.1, -0.05) is 19.1 Å². The van der Waals surface area contributed by atoms with Crippen molar-refractivity contribution in [2.45, 2.75) is 25.8 Å². The van der Waals surface area contributed by atoms with Gasteiger partial charge < -0.3 is 10.1 Å². The molecule has 20 heavy (non-hydrogen) atoms. The molecule has 3 nitrogen and oxygen atoms in total. The van der Waals surface area contributed by atoms with Gasteiger partial charge in [0.15, 0.2) is 0 Å². The molecule has 1 atom stereocenters. The highest BCUT2D eigenvalue weighted by atomic mass is 16.5. The van der Waals surface area contributed by atoms with Gasteiger partial charge in [-0.25, -0.2) is 0 Å². The Morgan fingerprint density at radius 2 is 2.00 bits per heavy atom. The monoisotopic (exact) mass is 270 g/mol. The molecule has 1 aromatic heterocycles. The average molecular weight is 270 g/mol. The predicted molar refractivity (Wildman–Crippen MR) is 82.0 cm³/mol. The SMILES string of the molecule is CCCNC(Cc1cccc(OC)c1)c1ccncc1. The van der Waals surface area contributed by atoms with E-state index in [-0.39, 0.29) is 0 Å². The van der Waals surface area contributed by atoms with E-state index in [1.807, 2.05) is 24.5 Å². The van der Waals surface area contributed by atoms with E-state index in [1.54, 1.807) is 7.11 Å². The number of rotatable bonds is 7. The van der Waals surface area contributed by atoms with Crippen LogP contribution in [0.2, 0.25) is 0 Å². The largest absolute Gasteiger partial charge is 0.497 e. The number of hydrogen-bond donors (Lipinski definition) is 1. The molecule has 0 bridgehead atoms. The first-order valence-corrected chi connectivity index (χ1v) is 7.09. The third-order valence-corrected chi connectivity index (χ3v) is 3.32. The highest BCUT2D eigenvalue weighted by molar-refractivity contribution is 5.30.